The zero-order valence-electron chi connectivity index (χ0n) is 30.9. The first kappa shape index (κ1) is 41.4. The Hall–Kier alpha value is -3.80. The number of esters is 2. The third kappa shape index (κ3) is 9.89. The Morgan fingerprint density at radius 3 is 1.53 bits per heavy atom. The van der Waals surface area contributed by atoms with Crippen molar-refractivity contribution in [1.29, 1.82) is 0 Å². The van der Waals surface area contributed by atoms with Gasteiger partial charge in [-0.1, -0.05) is 7.43 Å². The molecule has 0 amide bonds. The number of aromatic nitrogens is 4. The fourth-order valence-electron chi connectivity index (χ4n) is 5.57. The topological polar surface area (TPSA) is 127 Å². The van der Waals surface area contributed by atoms with Gasteiger partial charge in [0, 0.05) is 41.7 Å². The summed E-state index contributed by atoms with van der Waals surface area (Å²) in [6.45, 7) is 23.7. The average molecular weight is 683 g/mol. The van der Waals surface area contributed by atoms with Gasteiger partial charge in [-0.3, -0.25) is 0 Å². The summed E-state index contributed by atoms with van der Waals surface area (Å²) in [6.07, 6.45) is 2.81. The van der Waals surface area contributed by atoms with E-state index >= 15 is 0 Å². The van der Waals surface area contributed by atoms with Crippen molar-refractivity contribution in [2.24, 2.45) is 0 Å². The molecule has 0 aliphatic rings. The molecular formula is C38H58N4O7. The van der Waals surface area contributed by atoms with Gasteiger partial charge in [-0.25, -0.2) is 19.6 Å². The number of hydrogen-bond acceptors (Lipinski definition) is 9. The molecule has 0 saturated heterocycles. The molecule has 49 heavy (non-hydrogen) atoms. The van der Waals surface area contributed by atoms with Crippen molar-refractivity contribution in [2.45, 2.75) is 126 Å². The van der Waals surface area contributed by atoms with Crippen molar-refractivity contribution in [3.63, 3.8) is 0 Å². The summed E-state index contributed by atoms with van der Waals surface area (Å²) in [5, 5.41) is 11.5. The highest BCUT2D eigenvalue weighted by Gasteiger charge is 2.30. The van der Waals surface area contributed by atoms with Gasteiger partial charge in [0.25, 0.3) is 0 Å². The van der Waals surface area contributed by atoms with E-state index in [0.717, 1.165) is 27.8 Å². The molecule has 4 aromatic rings. The third-order valence-electron chi connectivity index (χ3n) is 8.08. The van der Waals surface area contributed by atoms with Crippen LogP contribution >= 0.6 is 0 Å². The number of carbonyl (C=O) groups excluding carboxylic acids is 2. The Kier molecular flexibility index (Phi) is 14.1. The molecule has 4 atom stereocenters. The van der Waals surface area contributed by atoms with E-state index in [0.29, 0.717) is 30.0 Å². The number of carbonyl (C=O) groups is 2. The van der Waals surface area contributed by atoms with E-state index in [1.54, 1.807) is 32.5 Å². The number of pyridine rings is 2. The summed E-state index contributed by atoms with van der Waals surface area (Å²) in [5.41, 5.74) is 3.02. The van der Waals surface area contributed by atoms with Crippen LogP contribution in [-0.2, 0) is 18.9 Å². The van der Waals surface area contributed by atoms with Crippen molar-refractivity contribution in [1.82, 2.24) is 19.1 Å². The van der Waals surface area contributed by atoms with E-state index in [1.165, 1.54) is 0 Å². The van der Waals surface area contributed by atoms with Crippen molar-refractivity contribution >= 4 is 34.0 Å². The molecule has 272 valence electrons. The van der Waals surface area contributed by atoms with Gasteiger partial charge in [0.1, 0.15) is 22.5 Å². The lowest BCUT2D eigenvalue weighted by molar-refractivity contribution is 0.00338. The number of rotatable bonds is 10. The monoisotopic (exact) mass is 682 g/mol. The van der Waals surface area contributed by atoms with Crippen molar-refractivity contribution < 1.29 is 33.6 Å². The number of aliphatic hydroxyl groups excluding tert-OH is 1. The summed E-state index contributed by atoms with van der Waals surface area (Å²) in [5.74, 6) is -0.688. The van der Waals surface area contributed by atoms with E-state index in [-0.39, 0.29) is 37.6 Å². The molecule has 4 unspecified atom stereocenters. The van der Waals surface area contributed by atoms with Gasteiger partial charge in [-0.05, 0) is 107 Å². The Labute approximate surface area is 291 Å². The normalized spacial score (nSPS) is 14.3. The zero-order chi connectivity index (χ0) is 36.1. The Morgan fingerprint density at radius 2 is 1.16 bits per heavy atom. The molecule has 0 aliphatic heterocycles. The summed E-state index contributed by atoms with van der Waals surface area (Å²) in [4.78, 5) is 34.3. The fraction of sp³-hybridized carbons (Fsp3) is 0.579. The van der Waals surface area contributed by atoms with Crippen molar-refractivity contribution in [2.75, 3.05) is 20.3 Å². The molecule has 0 aliphatic carbocycles. The Bertz CT molecular complexity index is 1710. The minimum Gasteiger partial charge on any atom is -0.456 e. The van der Waals surface area contributed by atoms with E-state index in [1.807, 2.05) is 92.0 Å². The van der Waals surface area contributed by atoms with Crippen LogP contribution in [0.4, 0.5) is 0 Å². The minimum absolute atomic E-state index is 0. The van der Waals surface area contributed by atoms with E-state index in [9.17, 15) is 14.7 Å². The molecule has 0 bridgehead atoms. The molecular weight excluding hydrogens is 624 g/mol. The van der Waals surface area contributed by atoms with Gasteiger partial charge in [-0.2, -0.15) is 0 Å². The van der Waals surface area contributed by atoms with Crippen LogP contribution in [0.3, 0.4) is 0 Å². The van der Waals surface area contributed by atoms with Gasteiger partial charge in [0.05, 0.1) is 48.6 Å². The highest BCUT2D eigenvalue weighted by molar-refractivity contribution is 6.06. The molecule has 0 radical (unpaired) electrons. The molecule has 1 N–H and O–H groups in total. The number of methoxy groups -OCH3 is 1. The quantitative estimate of drug-likeness (QED) is 0.132. The highest BCUT2D eigenvalue weighted by atomic mass is 16.6. The van der Waals surface area contributed by atoms with Crippen LogP contribution in [0, 0.1) is 13.8 Å². The molecule has 11 nitrogen and oxygen atoms in total. The highest BCUT2D eigenvalue weighted by Crippen LogP contribution is 2.32. The smallest absolute Gasteiger partial charge is 0.341 e. The summed E-state index contributed by atoms with van der Waals surface area (Å²) >= 11 is 0. The lowest BCUT2D eigenvalue weighted by atomic mass is 10.1. The number of aliphatic hydroxyl groups is 1. The zero-order valence-corrected chi connectivity index (χ0v) is 30.9. The molecule has 4 rings (SSSR count). The van der Waals surface area contributed by atoms with Crippen LogP contribution in [0.25, 0.3) is 22.1 Å². The number of fused-ring (bicyclic) bond motifs is 2. The lowest BCUT2D eigenvalue weighted by Crippen LogP contribution is -2.26. The van der Waals surface area contributed by atoms with Crippen molar-refractivity contribution in [3.05, 3.63) is 59.2 Å². The maximum Gasteiger partial charge on any atom is 0.341 e. The van der Waals surface area contributed by atoms with Crippen LogP contribution < -0.4 is 0 Å². The van der Waals surface area contributed by atoms with Gasteiger partial charge in [0.15, 0.2) is 0 Å². The van der Waals surface area contributed by atoms with Crippen LogP contribution in [0.5, 0.6) is 0 Å². The van der Waals surface area contributed by atoms with E-state index in [2.05, 4.69) is 21.5 Å². The standard InChI is InChI=1S/C20H30N2O4.C17H24N2O3.CH4/c1-13(15(3)25-12-11-24-7)22-14(2)17(19(23)26-20(4,5)6)16-9-8-10-21-18(16)22;1-10(12(3)20)19-11(2)14(16(21)22-17(4,5)6)13-8-7-9-18-15(13)19;/h8-10,13,15H,11-12H2,1-7H3;7-10,12,20H,1-6H3;1H4. The fourth-order valence-corrected chi connectivity index (χ4v) is 5.57. The molecule has 11 heteroatoms. The first-order valence-corrected chi connectivity index (χ1v) is 16.5. The van der Waals surface area contributed by atoms with Gasteiger partial charge in [-0.15, -0.1) is 0 Å². The average Bonchev–Trinajstić information content (AvgIpc) is 3.44. The Morgan fingerprint density at radius 1 is 0.755 bits per heavy atom. The van der Waals surface area contributed by atoms with E-state index < -0.39 is 17.3 Å². The largest absolute Gasteiger partial charge is 0.456 e. The second-order valence-electron chi connectivity index (χ2n) is 14.2. The first-order valence-electron chi connectivity index (χ1n) is 16.5. The molecule has 4 heterocycles. The van der Waals surface area contributed by atoms with Gasteiger partial charge < -0.3 is 33.2 Å². The number of ether oxygens (including phenoxy) is 4. The van der Waals surface area contributed by atoms with Crippen LogP contribution in [0.15, 0.2) is 36.7 Å². The molecule has 4 aromatic heterocycles. The molecule has 0 saturated carbocycles. The summed E-state index contributed by atoms with van der Waals surface area (Å²) in [6, 6.07) is 7.22. The first-order chi connectivity index (χ1) is 22.3. The van der Waals surface area contributed by atoms with Gasteiger partial charge in [0.2, 0.25) is 0 Å². The molecule has 0 spiro atoms. The lowest BCUT2D eigenvalue weighted by Gasteiger charge is -2.24. The van der Waals surface area contributed by atoms with Gasteiger partial charge >= 0.3 is 11.9 Å². The second kappa shape index (κ2) is 16.7. The third-order valence-corrected chi connectivity index (χ3v) is 8.08. The van der Waals surface area contributed by atoms with Crippen LogP contribution in [0.2, 0.25) is 0 Å². The molecule has 0 aromatic carbocycles. The maximum atomic E-state index is 12.8. The van der Waals surface area contributed by atoms with Crippen LogP contribution in [0.1, 0.15) is 121 Å². The molecule has 0 fully saturated rings. The second-order valence-corrected chi connectivity index (χ2v) is 14.2. The predicted octanol–water partition coefficient (Wildman–Crippen LogP) is 7.79. The number of hydrogen-bond donors (Lipinski definition) is 1. The SMILES string of the molecule is C.COCCOC(C)C(C)n1c(C)c(C(=O)OC(C)(C)C)c2cccnc21.Cc1c(C(=O)OC(C)(C)C)c2cccnc2n1C(C)C(C)O. The summed E-state index contributed by atoms with van der Waals surface area (Å²) < 4.78 is 26.0. The Balaban J connectivity index is 0.000000338. The van der Waals surface area contributed by atoms with E-state index in [4.69, 9.17) is 18.9 Å². The van der Waals surface area contributed by atoms with Crippen LogP contribution in [-0.4, -0.2) is 79.9 Å². The maximum absolute atomic E-state index is 12.8. The minimum atomic E-state index is -0.559. The predicted molar refractivity (Wildman–Crippen MR) is 194 cm³/mol. The number of nitrogens with zero attached hydrogens (tertiary/aromatic N) is 4. The summed E-state index contributed by atoms with van der Waals surface area (Å²) in [7, 11) is 1.65. The van der Waals surface area contributed by atoms with Crippen molar-refractivity contribution in [3.8, 4) is 0 Å².